The molecule has 2 rings (SSSR count). The summed E-state index contributed by atoms with van der Waals surface area (Å²) in [6.07, 6.45) is 0.273. The SMILES string of the molecule is CC[C@@H](C(=O)NC(C)C)N(Cc1ccccc1Cl)C(=O)CN(c1ccccc1F)S(=O)(=O)N(C)C. The summed E-state index contributed by atoms with van der Waals surface area (Å²) in [5, 5.41) is 3.21. The number of amides is 2. The number of rotatable bonds is 11. The minimum absolute atomic E-state index is 0.0321. The monoisotopic (exact) mass is 526 g/mol. The summed E-state index contributed by atoms with van der Waals surface area (Å²) in [6, 6.07) is 11.1. The number of carbonyl (C=O) groups is 2. The first kappa shape index (κ1) is 28.5. The van der Waals surface area contributed by atoms with Crippen LogP contribution in [0.1, 0.15) is 32.8 Å². The maximum absolute atomic E-state index is 14.7. The van der Waals surface area contributed by atoms with Crippen molar-refractivity contribution in [1.82, 2.24) is 14.5 Å². The molecule has 0 aromatic heterocycles. The van der Waals surface area contributed by atoms with Crippen LogP contribution >= 0.6 is 11.6 Å². The molecule has 0 radical (unpaired) electrons. The lowest BCUT2D eigenvalue weighted by Gasteiger charge is -2.34. The van der Waals surface area contributed by atoms with Gasteiger partial charge in [0.05, 0.1) is 5.69 Å². The summed E-state index contributed by atoms with van der Waals surface area (Å²) in [4.78, 5) is 27.9. The molecule has 0 unspecified atom stereocenters. The number of halogens is 2. The van der Waals surface area contributed by atoms with E-state index in [0.29, 0.717) is 14.9 Å². The molecule has 2 amide bonds. The van der Waals surface area contributed by atoms with E-state index in [2.05, 4.69) is 5.32 Å². The minimum Gasteiger partial charge on any atom is -0.352 e. The predicted octanol–water partition coefficient (Wildman–Crippen LogP) is 3.42. The predicted molar refractivity (Wildman–Crippen MR) is 136 cm³/mol. The van der Waals surface area contributed by atoms with Crippen LogP contribution in [0.2, 0.25) is 5.02 Å². The molecular formula is C24H32ClFN4O4S. The van der Waals surface area contributed by atoms with Crippen LogP contribution in [-0.4, -0.2) is 62.2 Å². The standard InChI is InChI=1S/C24H32ClFN4O4S/c1-6-21(24(32)27-17(2)3)29(15-18-11-7-8-12-19(18)25)23(31)16-30(35(33,34)28(4)5)22-14-10-9-13-20(22)26/h7-14,17,21H,6,15-16H2,1-5H3,(H,27,32)/t21-/m0/s1. The van der Waals surface area contributed by atoms with E-state index in [4.69, 9.17) is 11.6 Å². The number of anilines is 1. The zero-order valence-corrected chi connectivity index (χ0v) is 22.1. The van der Waals surface area contributed by atoms with E-state index < -0.39 is 34.5 Å². The van der Waals surface area contributed by atoms with Gasteiger partial charge in [-0.25, -0.2) is 8.70 Å². The molecule has 192 valence electrons. The maximum Gasteiger partial charge on any atom is 0.304 e. The van der Waals surface area contributed by atoms with Gasteiger partial charge in [-0.3, -0.25) is 9.59 Å². The number of hydrogen-bond acceptors (Lipinski definition) is 4. The zero-order valence-electron chi connectivity index (χ0n) is 20.5. The number of carbonyl (C=O) groups excluding carboxylic acids is 2. The number of nitrogens with zero attached hydrogens (tertiary/aromatic N) is 3. The van der Waals surface area contributed by atoms with Crippen molar-refractivity contribution in [3.8, 4) is 0 Å². The molecule has 11 heteroatoms. The second-order valence-corrected chi connectivity index (χ2v) is 10.9. The maximum atomic E-state index is 14.7. The van der Waals surface area contributed by atoms with Gasteiger partial charge >= 0.3 is 10.2 Å². The molecule has 0 saturated heterocycles. The Morgan fingerprint density at radius 1 is 1.06 bits per heavy atom. The molecule has 0 aliphatic heterocycles. The Morgan fingerprint density at radius 2 is 1.66 bits per heavy atom. The van der Waals surface area contributed by atoms with Crippen LogP contribution in [0.5, 0.6) is 0 Å². The molecule has 2 aromatic carbocycles. The summed E-state index contributed by atoms with van der Waals surface area (Å²) in [6.45, 7) is 4.61. The average molecular weight is 527 g/mol. The number of nitrogens with one attached hydrogen (secondary N) is 1. The van der Waals surface area contributed by atoms with Crippen LogP contribution in [0.15, 0.2) is 48.5 Å². The molecule has 1 N–H and O–H groups in total. The Bertz CT molecular complexity index is 1140. The fourth-order valence-electron chi connectivity index (χ4n) is 3.47. The van der Waals surface area contributed by atoms with Gasteiger partial charge in [-0.2, -0.15) is 12.7 Å². The van der Waals surface area contributed by atoms with Gasteiger partial charge in [0.15, 0.2) is 0 Å². The Balaban J connectivity index is 2.54. The van der Waals surface area contributed by atoms with Gasteiger partial charge in [0.2, 0.25) is 11.8 Å². The third kappa shape index (κ3) is 7.16. The van der Waals surface area contributed by atoms with Crippen molar-refractivity contribution >= 4 is 39.3 Å². The van der Waals surface area contributed by atoms with Crippen molar-refractivity contribution in [2.24, 2.45) is 0 Å². The Labute approximate surface area is 211 Å². The van der Waals surface area contributed by atoms with E-state index in [1.165, 1.54) is 37.2 Å². The highest BCUT2D eigenvalue weighted by Crippen LogP contribution is 2.25. The Hall–Kier alpha value is -2.69. The van der Waals surface area contributed by atoms with Crippen LogP contribution in [0.3, 0.4) is 0 Å². The summed E-state index contributed by atoms with van der Waals surface area (Å²) < 4.78 is 42.4. The van der Waals surface area contributed by atoms with Gasteiger partial charge in [-0.05, 0) is 44.0 Å². The molecule has 1 atom stereocenters. The topological polar surface area (TPSA) is 90.0 Å². The second-order valence-electron chi connectivity index (χ2n) is 8.45. The smallest absolute Gasteiger partial charge is 0.304 e. The third-order valence-corrected chi connectivity index (χ3v) is 7.43. The van der Waals surface area contributed by atoms with E-state index in [1.54, 1.807) is 45.0 Å². The largest absolute Gasteiger partial charge is 0.352 e. The lowest BCUT2D eigenvalue weighted by atomic mass is 10.1. The van der Waals surface area contributed by atoms with Crippen LogP contribution < -0.4 is 9.62 Å². The van der Waals surface area contributed by atoms with Gasteiger partial charge < -0.3 is 10.2 Å². The van der Waals surface area contributed by atoms with Gasteiger partial charge in [0, 0.05) is 31.7 Å². The van der Waals surface area contributed by atoms with Crippen molar-refractivity contribution in [2.75, 3.05) is 24.9 Å². The van der Waals surface area contributed by atoms with E-state index in [1.807, 2.05) is 0 Å². The van der Waals surface area contributed by atoms with Crippen molar-refractivity contribution in [3.63, 3.8) is 0 Å². The highest BCUT2D eigenvalue weighted by Gasteiger charge is 2.35. The van der Waals surface area contributed by atoms with Crippen LogP contribution in [0, 0.1) is 5.82 Å². The highest BCUT2D eigenvalue weighted by atomic mass is 35.5. The van der Waals surface area contributed by atoms with E-state index in [-0.39, 0.29) is 30.6 Å². The quantitative estimate of drug-likeness (QED) is 0.486. The minimum atomic E-state index is -4.24. The molecule has 0 heterocycles. The Morgan fingerprint density at radius 3 is 2.20 bits per heavy atom. The normalized spacial score (nSPS) is 12.5. The first-order chi connectivity index (χ1) is 16.4. The fourth-order valence-corrected chi connectivity index (χ4v) is 4.73. The van der Waals surface area contributed by atoms with Gasteiger partial charge in [0.1, 0.15) is 18.4 Å². The molecule has 0 bridgehead atoms. The van der Waals surface area contributed by atoms with Gasteiger partial charge in [-0.1, -0.05) is 48.9 Å². The molecule has 2 aromatic rings. The molecule has 0 saturated carbocycles. The number of hydrogen-bond donors (Lipinski definition) is 1. The highest BCUT2D eigenvalue weighted by molar-refractivity contribution is 7.90. The zero-order chi connectivity index (χ0) is 26.3. The lowest BCUT2D eigenvalue weighted by molar-refractivity contribution is -0.140. The molecule has 0 spiro atoms. The number of para-hydroxylation sites is 1. The van der Waals surface area contributed by atoms with E-state index >= 15 is 0 Å². The van der Waals surface area contributed by atoms with Crippen LogP contribution in [0.25, 0.3) is 0 Å². The van der Waals surface area contributed by atoms with Crippen molar-refractivity contribution in [1.29, 1.82) is 0 Å². The molecule has 35 heavy (non-hydrogen) atoms. The molecule has 8 nitrogen and oxygen atoms in total. The molecular weight excluding hydrogens is 495 g/mol. The average Bonchev–Trinajstić information content (AvgIpc) is 2.78. The van der Waals surface area contributed by atoms with Crippen LogP contribution in [-0.2, 0) is 26.3 Å². The first-order valence-electron chi connectivity index (χ1n) is 11.2. The molecule has 0 aliphatic rings. The summed E-state index contributed by atoms with van der Waals surface area (Å²) in [7, 11) is -1.66. The second kappa shape index (κ2) is 12.3. The molecule has 0 aliphatic carbocycles. The van der Waals surface area contributed by atoms with E-state index in [9.17, 15) is 22.4 Å². The lowest BCUT2D eigenvalue weighted by Crippen LogP contribution is -2.54. The summed E-state index contributed by atoms with van der Waals surface area (Å²) >= 11 is 6.32. The van der Waals surface area contributed by atoms with Crippen molar-refractivity contribution < 1.29 is 22.4 Å². The van der Waals surface area contributed by atoms with Crippen molar-refractivity contribution in [2.45, 2.75) is 45.8 Å². The van der Waals surface area contributed by atoms with E-state index in [0.717, 1.165) is 10.4 Å². The third-order valence-electron chi connectivity index (χ3n) is 5.26. The summed E-state index contributed by atoms with van der Waals surface area (Å²) in [5.41, 5.74) is 0.318. The number of benzene rings is 2. The van der Waals surface area contributed by atoms with Crippen molar-refractivity contribution in [3.05, 3.63) is 64.9 Å². The van der Waals surface area contributed by atoms with Gasteiger partial charge in [0.25, 0.3) is 0 Å². The van der Waals surface area contributed by atoms with Gasteiger partial charge in [-0.15, -0.1) is 0 Å². The molecule has 0 fully saturated rings. The first-order valence-corrected chi connectivity index (χ1v) is 13.0. The fraction of sp³-hybridized carbons (Fsp3) is 0.417. The summed E-state index contributed by atoms with van der Waals surface area (Å²) in [5.74, 6) is -1.85. The Kier molecular flexibility index (Phi) is 10.1. The van der Waals surface area contributed by atoms with Crippen LogP contribution in [0.4, 0.5) is 10.1 Å².